The minimum absolute atomic E-state index is 0.000404. The fourth-order valence-corrected chi connectivity index (χ4v) is 2.95. The van der Waals surface area contributed by atoms with Crippen LogP contribution < -0.4 is 10.3 Å². The fraction of sp³-hybridized carbons (Fsp3) is 0.250. The lowest BCUT2D eigenvalue weighted by Gasteiger charge is -2.11. The summed E-state index contributed by atoms with van der Waals surface area (Å²) >= 11 is 1.43. The molecule has 0 aliphatic carbocycles. The lowest BCUT2D eigenvalue weighted by atomic mass is 10.1. The lowest BCUT2D eigenvalue weighted by molar-refractivity contribution is 0.294. The van der Waals surface area contributed by atoms with Crippen LogP contribution in [-0.4, -0.2) is 16.2 Å². The van der Waals surface area contributed by atoms with Crippen molar-refractivity contribution in [2.45, 2.75) is 20.4 Å². The van der Waals surface area contributed by atoms with E-state index in [0.29, 0.717) is 17.9 Å². The molecule has 2 aromatic heterocycles. The third-order valence-electron chi connectivity index (χ3n) is 3.37. The first-order chi connectivity index (χ1) is 10.1. The van der Waals surface area contributed by atoms with Crippen LogP contribution in [0.1, 0.15) is 11.1 Å². The van der Waals surface area contributed by atoms with Gasteiger partial charge in [-0.1, -0.05) is 12.1 Å². The first-order valence-electron chi connectivity index (χ1n) is 6.78. The van der Waals surface area contributed by atoms with Gasteiger partial charge >= 0.3 is 0 Å². The molecule has 3 aromatic rings. The van der Waals surface area contributed by atoms with Crippen molar-refractivity contribution >= 4 is 21.6 Å². The molecule has 0 aliphatic heterocycles. The van der Waals surface area contributed by atoms with E-state index in [2.05, 4.69) is 11.1 Å². The van der Waals surface area contributed by atoms with Gasteiger partial charge in [-0.05, 0) is 42.5 Å². The predicted octanol–water partition coefficient (Wildman–Crippen LogP) is 3.15. The Morgan fingerprint density at radius 2 is 2.14 bits per heavy atom. The van der Waals surface area contributed by atoms with Crippen molar-refractivity contribution in [2.75, 3.05) is 6.61 Å². The molecule has 0 amide bonds. The molecule has 108 valence electrons. The number of ether oxygens (including phenoxy) is 1. The number of nitrogens with zero attached hydrogens (tertiary/aromatic N) is 2. The quantitative estimate of drug-likeness (QED) is 0.743. The van der Waals surface area contributed by atoms with E-state index in [1.54, 1.807) is 10.9 Å². The Hall–Kier alpha value is -2.14. The van der Waals surface area contributed by atoms with Gasteiger partial charge < -0.3 is 4.74 Å². The molecule has 0 saturated carbocycles. The number of rotatable bonds is 4. The van der Waals surface area contributed by atoms with E-state index in [1.165, 1.54) is 11.3 Å². The summed E-state index contributed by atoms with van der Waals surface area (Å²) in [4.78, 5) is 16.5. The molecular weight excluding hydrogens is 284 g/mol. The second-order valence-electron chi connectivity index (χ2n) is 5.00. The molecule has 0 N–H and O–H groups in total. The largest absolute Gasteiger partial charge is 0.491 e. The average molecular weight is 300 g/mol. The zero-order valence-corrected chi connectivity index (χ0v) is 12.8. The number of hydrogen-bond acceptors (Lipinski definition) is 4. The number of aryl methyl sites for hydroxylation is 2. The highest BCUT2D eigenvalue weighted by atomic mass is 32.1. The first-order valence-corrected chi connectivity index (χ1v) is 7.66. The third-order valence-corrected chi connectivity index (χ3v) is 4.26. The lowest BCUT2D eigenvalue weighted by Crippen LogP contribution is -2.22. The minimum atomic E-state index is -0.000404. The molecule has 21 heavy (non-hydrogen) atoms. The molecule has 0 spiro atoms. The molecular formula is C16H16N2O2S. The Bertz CT molecular complexity index is 836. The van der Waals surface area contributed by atoms with Crippen LogP contribution >= 0.6 is 11.3 Å². The minimum Gasteiger partial charge on any atom is -0.491 e. The highest BCUT2D eigenvalue weighted by Crippen LogP contribution is 2.19. The average Bonchev–Trinajstić information content (AvgIpc) is 2.94. The van der Waals surface area contributed by atoms with Crippen molar-refractivity contribution in [3.63, 3.8) is 0 Å². The highest BCUT2D eigenvalue weighted by molar-refractivity contribution is 7.17. The molecule has 0 radical (unpaired) electrons. The van der Waals surface area contributed by atoms with E-state index in [9.17, 15) is 4.79 Å². The Kier molecular flexibility index (Phi) is 3.75. The second kappa shape index (κ2) is 5.69. The molecule has 0 atom stereocenters. The molecule has 0 bridgehead atoms. The first kappa shape index (κ1) is 13.8. The van der Waals surface area contributed by atoms with Crippen molar-refractivity contribution in [1.29, 1.82) is 0 Å². The molecule has 0 aliphatic rings. The van der Waals surface area contributed by atoms with Gasteiger partial charge in [-0.3, -0.25) is 9.36 Å². The van der Waals surface area contributed by atoms with Crippen molar-refractivity contribution in [3.05, 3.63) is 57.5 Å². The van der Waals surface area contributed by atoms with Crippen LogP contribution in [0.5, 0.6) is 5.75 Å². The van der Waals surface area contributed by atoms with Crippen molar-refractivity contribution in [1.82, 2.24) is 9.55 Å². The number of fused-ring (bicyclic) bond motifs is 1. The monoisotopic (exact) mass is 300 g/mol. The maximum Gasteiger partial charge on any atom is 0.271 e. The number of thiophene rings is 1. The normalized spacial score (nSPS) is 11.0. The fourth-order valence-electron chi connectivity index (χ4n) is 2.16. The number of hydrogen-bond donors (Lipinski definition) is 0. The summed E-state index contributed by atoms with van der Waals surface area (Å²) in [5.74, 6) is 0.869. The van der Waals surface area contributed by atoms with E-state index < -0.39 is 0 Å². The van der Waals surface area contributed by atoms with E-state index >= 15 is 0 Å². The maximum atomic E-state index is 12.2. The highest BCUT2D eigenvalue weighted by Gasteiger charge is 2.05. The summed E-state index contributed by atoms with van der Waals surface area (Å²) < 4.78 is 8.09. The third kappa shape index (κ3) is 2.83. The van der Waals surface area contributed by atoms with Crippen LogP contribution in [-0.2, 0) is 6.54 Å². The van der Waals surface area contributed by atoms with Crippen molar-refractivity contribution in [2.24, 2.45) is 0 Å². The summed E-state index contributed by atoms with van der Waals surface area (Å²) in [7, 11) is 0. The molecule has 0 saturated heterocycles. The summed E-state index contributed by atoms with van der Waals surface area (Å²) in [6.07, 6.45) is 1.59. The van der Waals surface area contributed by atoms with Gasteiger partial charge in [-0.25, -0.2) is 4.98 Å². The molecule has 5 heteroatoms. The molecule has 0 unspecified atom stereocenters. The standard InChI is InChI=1S/C16H16N2O2S/c1-11-3-4-12(2)14(9-11)20-7-6-18-10-17-13-5-8-21-15(13)16(18)19/h3-5,8-10H,6-7H2,1-2H3. The summed E-state index contributed by atoms with van der Waals surface area (Å²) in [5, 5.41) is 1.88. The Labute approximate surface area is 126 Å². The Balaban J connectivity index is 1.73. The van der Waals surface area contributed by atoms with Gasteiger partial charge in [-0.15, -0.1) is 11.3 Å². The van der Waals surface area contributed by atoms with Gasteiger partial charge in [0.15, 0.2) is 0 Å². The van der Waals surface area contributed by atoms with Crippen LogP contribution in [0, 0.1) is 13.8 Å². The molecule has 0 fully saturated rings. The SMILES string of the molecule is Cc1ccc(C)c(OCCn2cnc3ccsc3c2=O)c1. The van der Waals surface area contributed by atoms with Crippen LogP contribution in [0.15, 0.2) is 40.8 Å². The van der Waals surface area contributed by atoms with Crippen molar-refractivity contribution in [3.8, 4) is 5.75 Å². The second-order valence-corrected chi connectivity index (χ2v) is 5.91. The van der Waals surface area contributed by atoms with Crippen LogP contribution in [0.25, 0.3) is 10.2 Å². The molecule has 2 heterocycles. The molecule has 3 rings (SSSR count). The maximum absolute atomic E-state index is 12.2. The zero-order chi connectivity index (χ0) is 14.8. The Morgan fingerprint density at radius 3 is 3.00 bits per heavy atom. The molecule has 1 aromatic carbocycles. The topological polar surface area (TPSA) is 44.1 Å². The zero-order valence-electron chi connectivity index (χ0n) is 12.0. The van der Waals surface area contributed by atoms with Crippen LogP contribution in [0.2, 0.25) is 0 Å². The predicted molar refractivity (Wildman–Crippen MR) is 85.3 cm³/mol. The number of aromatic nitrogens is 2. The Morgan fingerprint density at radius 1 is 1.29 bits per heavy atom. The van der Waals surface area contributed by atoms with Gasteiger partial charge in [-0.2, -0.15) is 0 Å². The van der Waals surface area contributed by atoms with Gasteiger partial charge in [0.1, 0.15) is 17.1 Å². The van der Waals surface area contributed by atoms with E-state index in [1.807, 2.05) is 37.4 Å². The summed E-state index contributed by atoms with van der Waals surface area (Å²) in [6.45, 7) is 4.99. The van der Waals surface area contributed by atoms with Crippen LogP contribution in [0.3, 0.4) is 0 Å². The van der Waals surface area contributed by atoms with Crippen molar-refractivity contribution < 1.29 is 4.74 Å². The summed E-state index contributed by atoms with van der Waals surface area (Å²) in [5.41, 5.74) is 3.02. The van der Waals surface area contributed by atoms with E-state index in [-0.39, 0.29) is 5.56 Å². The summed E-state index contributed by atoms with van der Waals surface area (Å²) in [6, 6.07) is 7.97. The van der Waals surface area contributed by atoms with E-state index in [4.69, 9.17) is 4.74 Å². The van der Waals surface area contributed by atoms with Gasteiger partial charge in [0, 0.05) is 0 Å². The molecule has 4 nitrogen and oxygen atoms in total. The smallest absolute Gasteiger partial charge is 0.271 e. The van der Waals surface area contributed by atoms with Gasteiger partial charge in [0.05, 0.1) is 18.4 Å². The van der Waals surface area contributed by atoms with Gasteiger partial charge in [0.25, 0.3) is 5.56 Å². The van der Waals surface area contributed by atoms with Crippen LogP contribution in [0.4, 0.5) is 0 Å². The van der Waals surface area contributed by atoms with Gasteiger partial charge in [0.2, 0.25) is 0 Å². The van der Waals surface area contributed by atoms with E-state index in [0.717, 1.165) is 22.4 Å². The number of benzene rings is 1.